The van der Waals surface area contributed by atoms with Crippen molar-refractivity contribution in [2.45, 2.75) is 25.7 Å². The number of fused-ring (bicyclic) bond motifs is 3. The molecule has 0 amide bonds. The number of nitrogens with zero attached hydrogens (tertiary/aromatic N) is 1. The molecule has 0 radical (unpaired) electrons. The van der Waals surface area contributed by atoms with Crippen molar-refractivity contribution in [1.82, 2.24) is 5.32 Å². The number of para-hydroxylation sites is 1. The topological polar surface area (TPSA) is 89.6 Å². The van der Waals surface area contributed by atoms with E-state index in [1.165, 1.54) is 0 Å². The highest BCUT2D eigenvalue weighted by Gasteiger charge is 2.20. The first-order valence-corrected chi connectivity index (χ1v) is 13.5. The maximum atomic E-state index is 6.68. The molecule has 6 aromatic rings. The lowest BCUT2D eigenvalue weighted by Crippen LogP contribution is -2.35. The molecule has 0 aliphatic carbocycles. The second-order valence-electron chi connectivity index (χ2n) is 10.1. The molecule has 0 aliphatic rings. The summed E-state index contributed by atoms with van der Waals surface area (Å²) in [4.78, 5) is 5.08. The molecule has 198 valence electrons. The standard InChI is InChI=1S/C35H32N4O/c1-23(36)27-16-10-17-29(33(27)26-19-20-32-30(21-26)28-15-8-9-18-31(28)40-32)35(38-22-24-11-4-2-5-12-24)39-34(37)25-13-6-3-7-14-25/h2-21,23,34H,22,36-37H2,1H3,(H,38,39). The normalized spacial score (nSPS) is 13.4. The summed E-state index contributed by atoms with van der Waals surface area (Å²) in [5.74, 6) is 0.717. The van der Waals surface area contributed by atoms with Crippen molar-refractivity contribution >= 4 is 27.8 Å². The molecule has 1 aromatic heterocycles. The average Bonchev–Trinajstić information content (AvgIpc) is 3.37. The van der Waals surface area contributed by atoms with Crippen molar-refractivity contribution in [1.29, 1.82) is 0 Å². The van der Waals surface area contributed by atoms with E-state index in [9.17, 15) is 0 Å². The van der Waals surface area contributed by atoms with Crippen LogP contribution in [-0.2, 0) is 6.54 Å². The molecule has 2 unspecified atom stereocenters. The Labute approximate surface area is 234 Å². The van der Waals surface area contributed by atoms with E-state index in [1.54, 1.807) is 0 Å². The van der Waals surface area contributed by atoms with Gasteiger partial charge in [0.05, 0.1) is 6.54 Å². The van der Waals surface area contributed by atoms with Crippen LogP contribution in [0.4, 0.5) is 0 Å². The van der Waals surface area contributed by atoms with Crippen LogP contribution in [0.2, 0.25) is 0 Å². The molecule has 5 heteroatoms. The summed E-state index contributed by atoms with van der Waals surface area (Å²) in [6.07, 6.45) is -0.442. The smallest absolute Gasteiger partial charge is 0.135 e. The lowest BCUT2D eigenvalue weighted by molar-refractivity contribution is 0.669. The zero-order valence-electron chi connectivity index (χ0n) is 22.4. The van der Waals surface area contributed by atoms with Gasteiger partial charge in [0.1, 0.15) is 23.2 Å². The van der Waals surface area contributed by atoms with Crippen LogP contribution in [0.25, 0.3) is 33.1 Å². The predicted octanol–water partition coefficient (Wildman–Crippen LogP) is 7.47. The number of furan rings is 1. The number of hydrogen-bond donors (Lipinski definition) is 3. The minimum Gasteiger partial charge on any atom is -0.456 e. The molecule has 6 rings (SSSR count). The van der Waals surface area contributed by atoms with Gasteiger partial charge in [0, 0.05) is 22.4 Å². The average molecular weight is 525 g/mol. The number of aliphatic imine (C=N–C) groups is 1. The summed E-state index contributed by atoms with van der Waals surface area (Å²) in [7, 11) is 0. The van der Waals surface area contributed by atoms with Crippen LogP contribution in [0.15, 0.2) is 131 Å². The van der Waals surface area contributed by atoms with Gasteiger partial charge >= 0.3 is 0 Å². The molecule has 0 fully saturated rings. The number of hydrogen-bond acceptors (Lipinski definition) is 4. The molecular weight excluding hydrogens is 492 g/mol. The van der Waals surface area contributed by atoms with Crippen LogP contribution in [0.3, 0.4) is 0 Å². The minimum absolute atomic E-state index is 0.190. The maximum Gasteiger partial charge on any atom is 0.135 e. The molecule has 0 spiro atoms. The fourth-order valence-corrected chi connectivity index (χ4v) is 5.20. The summed E-state index contributed by atoms with van der Waals surface area (Å²) >= 11 is 0. The number of benzene rings is 5. The molecule has 40 heavy (non-hydrogen) atoms. The fraction of sp³-hybridized carbons (Fsp3) is 0.114. The van der Waals surface area contributed by atoms with Crippen molar-refractivity contribution < 1.29 is 4.42 Å². The fourth-order valence-electron chi connectivity index (χ4n) is 5.20. The van der Waals surface area contributed by atoms with E-state index >= 15 is 0 Å². The quantitative estimate of drug-likeness (QED) is 0.115. The molecule has 0 bridgehead atoms. The number of rotatable bonds is 7. The van der Waals surface area contributed by atoms with Crippen LogP contribution >= 0.6 is 0 Å². The van der Waals surface area contributed by atoms with Gasteiger partial charge in [0.25, 0.3) is 0 Å². The SMILES string of the molecule is CC(N)c1cccc(/C(=N/Cc2ccccc2)NC(N)c2ccccc2)c1-c1ccc2oc3ccccc3c2c1. The highest BCUT2D eigenvalue weighted by molar-refractivity contribution is 6.09. The van der Waals surface area contributed by atoms with Gasteiger partial charge in [-0.1, -0.05) is 103 Å². The highest BCUT2D eigenvalue weighted by Crippen LogP contribution is 2.36. The van der Waals surface area contributed by atoms with Gasteiger partial charge in [-0.3, -0.25) is 4.99 Å². The van der Waals surface area contributed by atoms with Crippen molar-refractivity contribution in [3.05, 3.63) is 144 Å². The highest BCUT2D eigenvalue weighted by atomic mass is 16.3. The Morgan fingerprint density at radius 2 is 1.45 bits per heavy atom. The van der Waals surface area contributed by atoms with E-state index in [2.05, 4.69) is 47.8 Å². The Morgan fingerprint density at radius 3 is 2.23 bits per heavy atom. The van der Waals surface area contributed by atoms with E-state index < -0.39 is 6.17 Å². The van der Waals surface area contributed by atoms with Crippen LogP contribution in [-0.4, -0.2) is 5.84 Å². The second kappa shape index (κ2) is 11.2. The summed E-state index contributed by atoms with van der Waals surface area (Å²) in [5.41, 5.74) is 21.1. The Morgan fingerprint density at radius 1 is 0.750 bits per heavy atom. The van der Waals surface area contributed by atoms with Crippen molar-refractivity contribution in [3.63, 3.8) is 0 Å². The van der Waals surface area contributed by atoms with Crippen LogP contribution in [0.1, 0.15) is 41.4 Å². The third-order valence-electron chi connectivity index (χ3n) is 7.22. The monoisotopic (exact) mass is 524 g/mol. The van der Waals surface area contributed by atoms with E-state index in [0.29, 0.717) is 6.54 Å². The van der Waals surface area contributed by atoms with E-state index in [1.807, 2.05) is 85.8 Å². The van der Waals surface area contributed by atoms with Gasteiger partial charge in [0.15, 0.2) is 0 Å². The molecular formula is C35H32N4O. The van der Waals surface area contributed by atoms with Gasteiger partial charge in [-0.2, -0.15) is 0 Å². The Hall–Kier alpha value is -4.71. The van der Waals surface area contributed by atoms with E-state index in [-0.39, 0.29) is 6.04 Å². The number of nitrogens with one attached hydrogen (secondary N) is 1. The third-order valence-corrected chi connectivity index (χ3v) is 7.22. The third kappa shape index (κ3) is 5.13. The molecule has 0 aliphatic heterocycles. The molecule has 5 nitrogen and oxygen atoms in total. The molecule has 0 saturated carbocycles. The van der Waals surface area contributed by atoms with Gasteiger partial charge in [-0.15, -0.1) is 0 Å². The van der Waals surface area contributed by atoms with Crippen molar-refractivity contribution in [3.8, 4) is 11.1 Å². The van der Waals surface area contributed by atoms with Crippen molar-refractivity contribution in [2.75, 3.05) is 0 Å². The Bertz CT molecular complexity index is 1790. The first-order chi connectivity index (χ1) is 19.6. The van der Waals surface area contributed by atoms with Gasteiger partial charge in [-0.05, 0) is 52.9 Å². The van der Waals surface area contributed by atoms with Crippen LogP contribution in [0, 0.1) is 0 Å². The van der Waals surface area contributed by atoms with Crippen LogP contribution < -0.4 is 16.8 Å². The zero-order valence-corrected chi connectivity index (χ0v) is 22.4. The summed E-state index contributed by atoms with van der Waals surface area (Å²) in [6.45, 7) is 2.52. The summed E-state index contributed by atoms with van der Waals surface area (Å²) in [5, 5.41) is 5.68. The lowest BCUT2D eigenvalue weighted by Gasteiger charge is -2.23. The molecule has 0 saturated heterocycles. The summed E-state index contributed by atoms with van der Waals surface area (Å²) < 4.78 is 6.11. The van der Waals surface area contributed by atoms with E-state index in [0.717, 1.165) is 61.2 Å². The van der Waals surface area contributed by atoms with Gasteiger partial charge < -0.3 is 21.2 Å². The molecule has 5 N–H and O–H groups in total. The van der Waals surface area contributed by atoms with Gasteiger partial charge in [-0.25, -0.2) is 0 Å². The Balaban J connectivity index is 1.52. The second-order valence-corrected chi connectivity index (χ2v) is 10.1. The minimum atomic E-state index is -0.442. The Kier molecular flexibility index (Phi) is 7.15. The molecule has 5 aromatic carbocycles. The lowest BCUT2D eigenvalue weighted by atomic mass is 9.90. The predicted molar refractivity (Wildman–Crippen MR) is 165 cm³/mol. The first-order valence-electron chi connectivity index (χ1n) is 13.5. The maximum absolute atomic E-state index is 6.68. The van der Waals surface area contributed by atoms with Crippen LogP contribution in [0.5, 0.6) is 0 Å². The van der Waals surface area contributed by atoms with E-state index in [4.69, 9.17) is 20.9 Å². The first kappa shape index (κ1) is 25.6. The molecule has 1 heterocycles. The number of nitrogens with two attached hydrogens (primary N) is 2. The van der Waals surface area contributed by atoms with Crippen molar-refractivity contribution in [2.24, 2.45) is 16.5 Å². The summed E-state index contributed by atoms with van der Waals surface area (Å²) in [6, 6.07) is 40.7. The van der Waals surface area contributed by atoms with Gasteiger partial charge in [0.2, 0.25) is 0 Å². The largest absolute Gasteiger partial charge is 0.456 e. The molecule has 2 atom stereocenters. The zero-order chi connectivity index (χ0) is 27.5. The number of amidine groups is 1.